The maximum Gasteiger partial charge on any atom is 0.389 e. The molecule has 4 nitrogen and oxygen atoms in total. The number of nitrogens with zero attached hydrogens (tertiary/aromatic N) is 1. The topological polar surface area (TPSA) is 62.1 Å². The number of aldehydes is 1. The molecule has 0 aromatic heterocycles. The third-order valence-electron chi connectivity index (χ3n) is 6.49. The number of fused-ring (bicyclic) bond motifs is 1. The summed E-state index contributed by atoms with van der Waals surface area (Å²) in [5.41, 5.74) is 3.84. The second-order valence-corrected chi connectivity index (χ2v) is 8.49. The van der Waals surface area contributed by atoms with Crippen molar-refractivity contribution in [2.45, 2.75) is 69.5 Å². The van der Waals surface area contributed by atoms with Crippen LogP contribution < -0.4 is 10.1 Å². The number of hydrogen-bond acceptors (Lipinski definition) is 4. The average molecular weight is 447 g/mol. The Bertz CT molecular complexity index is 943. The van der Waals surface area contributed by atoms with E-state index in [4.69, 9.17) is 4.74 Å². The van der Waals surface area contributed by atoms with Crippen LogP contribution in [0.3, 0.4) is 0 Å². The summed E-state index contributed by atoms with van der Waals surface area (Å²) in [5, 5.41) is 13.0. The van der Waals surface area contributed by atoms with E-state index in [0.717, 1.165) is 60.8 Å². The summed E-state index contributed by atoms with van der Waals surface area (Å²) in [6.45, 7) is 0.0153. The molecule has 1 N–H and O–H groups in total. The van der Waals surface area contributed by atoms with Gasteiger partial charge in [0, 0.05) is 12.0 Å². The predicted molar refractivity (Wildman–Crippen MR) is 116 cm³/mol. The van der Waals surface area contributed by atoms with E-state index in [1.165, 1.54) is 0 Å². The molecular weight excluding hydrogens is 417 g/mol. The summed E-state index contributed by atoms with van der Waals surface area (Å²) in [6.07, 6.45) is 3.80. The monoisotopic (exact) mass is 446 g/mol. The number of rotatable bonds is 9. The quantitative estimate of drug-likeness (QED) is 0.230. The standard InChI is InChI=1S/C25H29F3N2O2/c1-30-24(15-22(20(16-29)17-31)18-6-3-2-4-7-18)12-10-19-14-21(8-9-23(19)24)32-13-5-11-25(26,27)28/h6,8-9,14,17,30H,2-5,7,10-13,15H2,1H3/b22-20+. The fourth-order valence-electron chi connectivity index (χ4n) is 4.77. The molecule has 1 aromatic carbocycles. The minimum atomic E-state index is -4.17. The van der Waals surface area contributed by atoms with Gasteiger partial charge in [0.2, 0.25) is 0 Å². The number of nitriles is 1. The zero-order valence-corrected chi connectivity index (χ0v) is 18.4. The predicted octanol–water partition coefficient (Wildman–Crippen LogP) is 5.68. The zero-order valence-electron chi connectivity index (χ0n) is 18.4. The van der Waals surface area contributed by atoms with Gasteiger partial charge in [0.05, 0.1) is 12.2 Å². The van der Waals surface area contributed by atoms with Crippen LogP contribution >= 0.6 is 0 Å². The smallest absolute Gasteiger partial charge is 0.389 e. The van der Waals surface area contributed by atoms with Crippen LogP contribution in [-0.2, 0) is 16.8 Å². The highest BCUT2D eigenvalue weighted by Gasteiger charge is 2.39. The number of allylic oxidation sites excluding steroid dienone is 3. The number of hydrogen-bond donors (Lipinski definition) is 1. The number of ether oxygens (including phenoxy) is 1. The third kappa shape index (κ3) is 5.60. The fourth-order valence-corrected chi connectivity index (χ4v) is 4.77. The minimum absolute atomic E-state index is 0.0153. The Kier molecular flexibility index (Phi) is 7.78. The fraction of sp³-hybridized carbons (Fsp3) is 0.520. The molecule has 1 aromatic rings. The molecule has 0 bridgehead atoms. The molecule has 2 aliphatic carbocycles. The molecule has 0 radical (unpaired) electrons. The van der Waals surface area contributed by atoms with Crippen LogP contribution in [-0.4, -0.2) is 26.1 Å². The first-order valence-electron chi connectivity index (χ1n) is 11.1. The summed E-state index contributed by atoms with van der Waals surface area (Å²) in [5.74, 6) is 0.564. The normalized spacial score (nSPS) is 21.3. The summed E-state index contributed by atoms with van der Waals surface area (Å²) in [4.78, 5) is 11.6. The van der Waals surface area contributed by atoms with Crippen LogP contribution in [0.2, 0.25) is 0 Å². The van der Waals surface area contributed by atoms with Crippen LogP contribution in [0.5, 0.6) is 5.75 Å². The van der Waals surface area contributed by atoms with E-state index < -0.39 is 18.1 Å². The first kappa shape index (κ1) is 24.1. The van der Waals surface area contributed by atoms with E-state index >= 15 is 0 Å². The molecule has 0 aliphatic heterocycles. The van der Waals surface area contributed by atoms with Crippen LogP contribution in [0.1, 0.15) is 62.5 Å². The maximum atomic E-state index is 12.3. The van der Waals surface area contributed by atoms with E-state index in [-0.39, 0.29) is 18.6 Å². The van der Waals surface area contributed by atoms with Gasteiger partial charge in [-0.25, -0.2) is 0 Å². The number of aryl methyl sites for hydroxylation is 1. The molecule has 0 saturated heterocycles. The second kappa shape index (κ2) is 10.4. The number of nitrogens with one attached hydrogen (secondary N) is 1. The molecule has 3 rings (SSSR count). The number of benzene rings is 1. The van der Waals surface area contributed by atoms with Crippen molar-refractivity contribution >= 4 is 6.29 Å². The van der Waals surface area contributed by atoms with Crippen LogP contribution in [0.4, 0.5) is 13.2 Å². The van der Waals surface area contributed by atoms with Gasteiger partial charge in [0.1, 0.15) is 11.8 Å². The number of carbonyl (C=O) groups excluding carboxylic acids is 1. The first-order chi connectivity index (χ1) is 15.3. The van der Waals surface area contributed by atoms with Gasteiger partial charge in [-0.05, 0) is 92.8 Å². The molecular formula is C25H29F3N2O2. The number of alkyl halides is 3. The van der Waals surface area contributed by atoms with Crippen LogP contribution in [0.25, 0.3) is 0 Å². The molecule has 0 saturated carbocycles. The van der Waals surface area contributed by atoms with Crippen molar-refractivity contribution in [3.05, 3.63) is 52.1 Å². The van der Waals surface area contributed by atoms with Gasteiger partial charge in [-0.1, -0.05) is 12.1 Å². The summed E-state index contributed by atoms with van der Waals surface area (Å²) in [6, 6.07) is 7.72. The largest absolute Gasteiger partial charge is 0.494 e. The maximum absolute atomic E-state index is 12.3. The van der Waals surface area contributed by atoms with E-state index in [1.54, 1.807) is 6.07 Å². The van der Waals surface area contributed by atoms with Crippen molar-refractivity contribution in [1.29, 1.82) is 5.26 Å². The lowest BCUT2D eigenvalue weighted by molar-refractivity contribution is -0.136. The first-order valence-corrected chi connectivity index (χ1v) is 11.1. The highest BCUT2D eigenvalue weighted by atomic mass is 19.4. The molecule has 0 amide bonds. The van der Waals surface area contributed by atoms with E-state index in [1.807, 2.05) is 19.2 Å². The van der Waals surface area contributed by atoms with Crippen molar-refractivity contribution in [2.24, 2.45) is 0 Å². The van der Waals surface area contributed by atoms with Crippen LogP contribution in [0.15, 0.2) is 41.0 Å². The zero-order chi connectivity index (χ0) is 23.2. The second-order valence-electron chi connectivity index (χ2n) is 8.49. The summed E-state index contributed by atoms with van der Waals surface area (Å²) >= 11 is 0. The molecule has 0 spiro atoms. The Morgan fingerprint density at radius 1 is 1.31 bits per heavy atom. The van der Waals surface area contributed by atoms with Gasteiger partial charge in [-0.2, -0.15) is 18.4 Å². The molecule has 2 aliphatic rings. The number of halogens is 3. The summed E-state index contributed by atoms with van der Waals surface area (Å²) in [7, 11) is 1.89. The molecule has 1 atom stereocenters. The molecule has 172 valence electrons. The van der Waals surface area contributed by atoms with Gasteiger partial charge in [0.15, 0.2) is 6.29 Å². The molecule has 1 unspecified atom stereocenters. The van der Waals surface area contributed by atoms with Gasteiger partial charge >= 0.3 is 6.18 Å². The summed E-state index contributed by atoms with van der Waals surface area (Å²) < 4.78 is 42.5. The molecule has 0 heterocycles. The lowest BCUT2D eigenvalue weighted by Crippen LogP contribution is -2.38. The van der Waals surface area contributed by atoms with E-state index in [2.05, 4.69) is 17.5 Å². The Morgan fingerprint density at radius 3 is 2.75 bits per heavy atom. The Morgan fingerprint density at radius 2 is 2.12 bits per heavy atom. The minimum Gasteiger partial charge on any atom is -0.494 e. The van der Waals surface area contributed by atoms with Gasteiger partial charge < -0.3 is 10.1 Å². The van der Waals surface area contributed by atoms with Crippen LogP contribution in [0, 0.1) is 11.3 Å². The lowest BCUT2D eigenvalue weighted by Gasteiger charge is -2.33. The SMILES string of the molecule is CNC1(C/C(C2=CCCCC2)=C(/C#N)C=O)CCc2cc(OCCCC(F)(F)F)ccc21. The van der Waals surface area contributed by atoms with E-state index in [0.29, 0.717) is 18.5 Å². The van der Waals surface area contributed by atoms with Crippen molar-refractivity contribution in [1.82, 2.24) is 5.32 Å². The highest BCUT2D eigenvalue weighted by Crippen LogP contribution is 2.44. The molecule has 0 fully saturated rings. The van der Waals surface area contributed by atoms with Crippen molar-refractivity contribution in [2.75, 3.05) is 13.7 Å². The number of carbonyl (C=O) groups is 1. The van der Waals surface area contributed by atoms with Crippen molar-refractivity contribution in [3.8, 4) is 11.8 Å². The molecule has 7 heteroatoms. The Balaban J connectivity index is 1.82. The molecule has 32 heavy (non-hydrogen) atoms. The van der Waals surface area contributed by atoms with Gasteiger partial charge in [-0.3, -0.25) is 4.79 Å². The average Bonchev–Trinajstić information content (AvgIpc) is 3.15. The highest BCUT2D eigenvalue weighted by molar-refractivity contribution is 5.82. The lowest BCUT2D eigenvalue weighted by atomic mass is 9.79. The Labute approximate surface area is 187 Å². The van der Waals surface area contributed by atoms with E-state index in [9.17, 15) is 23.2 Å². The van der Waals surface area contributed by atoms with Gasteiger partial charge in [0.25, 0.3) is 0 Å². The van der Waals surface area contributed by atoms with Crippen molar-refractivity contribution in [3.63, 3.8) is 0 Å². The Hall–Kier alpha value is -2.59. The third-order valence-corrected chi connectivity index (χ3v) is 6.49. The van der Waals surface area contributed by atoms with Gasteiger partial charge in [-0.15, -0.1) is 0 Å². The van der Waals surface area contributed by atoms with Crippen molar-refractivity contribution < 1.29 is 22.7 Å².